The molecule has 2 N–H and O–H groups in total. The van der Waals surface area contributed by atoms with E-state index in [1.54, 1.807) is 23.9 Å². The summed E-state index contributed by atoms with van der Waals surface area (Å²) in [6.45, 7) is 4.41. The molecule has 7 heteroatoms. The van der Waals surface area contributed by atoms with Gasteiger partial charge in [-0.15, -0.1) is 11.3 Å². The minimum Gasteiger partial charge on any atom is -0.487 e. The monoisotopic (exact) mass is 403 g/mol. The first-order valence-corrected chi connectivity index (χ1v) is 10.5. The van der Waals surface area contributed by atoms with Crippen molar-refractivity contribution < 1.29 is 4.74 Å². The largest absolute Gasteiger partial charge is 0.487 e. The van der Waals surface area contributed by atoms with Crippen LogP contribution in [0, 0.1) is 6.92 Å². The van der Waals surface area contributed by atoms with E-state index in [9.17, 15) is 0 Å². The lowest BCUT2D eigenvalue weighted by Crippen LogP contribution is -2.22. The van der Waals surface area contributed by atoms with Crippen LogP contribution in [0.4, 0.5) is 11.5 Å². The summed E-state index contributed by atoms with van der Waals surface area (Å²) in [6.07, 6.45) is 4.42. The molecule has 0 saturated heterocycles. The van der Waals surface area contributed by atoms with E-state index in [-0.39, 0.29) is 0 Å². The van der Waals surface area contributed by atoms with E-state index in [2.05, 4.69) is 31.7 Å². The minimum atomic E-state index is 0.454. The van der Waals surface area contributed by atoms with Crippen LogP contribution in [0.2, 0.25) is 0 Å². The van der Waals surface area contributed by atoms with Gasteiger partial charge in [-0.05, 0) is 61.3 Å². The summed E-state index contributed by atoms with van der Waals surface area (Å²) in [5.41, 5.74) is 4.34. The molecule has 0 fully saturated rings. The Kier molecular flexibility index (Phi) is 4.83. The number of anilines is 2. The Bertz CT molecular complexity index is 1160. The molecule has 4 heterocycles. The fourth-order valence-electron chi connectivity index (χ4n) is 3.61. The van der Waals surface area contributed by atoms with Gasteiger partial charge in [-0.2, -0.15) is 0 Å². The normalized spacial score (nSPS) is 13.3. The number of aryl methyl sites for hydroxylation is 1. The van der Waals surface area contributed by atoms with Crippen LogP contribution < -0.4 is 15.4 Å². The summed E-state index contributed by atoms with van der Waals surface area (Å²) in [4.78, 5) is 15.7. The molecule has 5 rings (SSSR count). The Morgan fingerprint density at radius 2 is 2.14 bits per heavy atom. The molecule has 0 spiro atoms. The number of thiophene rings is 1. The first-order valence-electron chi connectivity index (χ1n) is 9.64. The fraction of sp³-hybridized carbons (Fsp3) is 0.227. The van der Waals surface area contributed by atoms with Crippen molar-refractivity contribution in [3.05, 3.63) is 70.6 Å². The number of fused-ring (bicyclic) bond motifs is 3. The van der Waals surface area contributed by atoms with Crippen molar-refractivity contribution in [2.75, 3.05) is 11.9 Å². The zero-order valence-corrected chi connectivity index (χ0v) is 16.9. The summed E-state index contributed by atoms with van der Waals surface area (Å²) in [6, 6.07) is 11.9. The molecule has 3 aromatic heterocycles. The SMILES string of the molecule is Cc1cc(Nc2ncnc3sc4c(c23)CCNC4)ccc1OCc1ccccn1. The summed E-state index contributed by atoms with van der Waals surface area (Å²) < 4.78 is 5.94. The van der Waals surface area contributed by atoms with Crippen molar-refractivity contribution in [3.8, 4) is 5.75 Å². The van der Waals surface area contributed by atoms with Gasteiger partial charge in [0.1, 0.15) is 29.3 Å². The molecule has 0 amide bonds. The Hall–Kier alpha value is -3.03. The Morgan fingerprint density at radius 1 is 1.17 bits per heavy atom. The quantitative estimate of drug-likeness (QED) is 0.516. The van der Waals surface area contributed by atoms with E-state index in [1.807, 2.05) is 37.3 Å². The van der Waals surface area contributed by atoms with E-state index in [4.69, 9.17) is 4.74 Å². The average Bonchev–Trinajstić information content (AvgIpc) is 3.13. The van der Waals surface area contributed by atoms with Crippen molar-refractivity contribution in [1.29, 1.82) is 0 Å². The van der Waals surface area contributed by atoms with Gasteiger partial charge < -0.3 is 15.4 Å². The van der Waals surface area contributed by atoms with E-state index >= 15 is 0 Å². The Labute approximate surface area is 173 Å². The van der Waals surface area contributed by atoms with Crippen molar-refractivity contribution in [2.45, 2.75) is 26.5 Å². The van der Waals surface area contributed by atoms with Gasteiger partial charge in [-0.3, -0.25) is 4.98 Å². The van der Waals surface area contributed by atoms with Gasteiger partial charge in [0.15, 0.2) is 0 Å². The van der Waals surface area contributed by atoms with Gasteiger partial charge in [0, 0.05) is 23.3 Å². The molecule has 0 atom stereocenters. The third-order valence-electron chi connectivity index (χ3n) is 5.05. The number of pyridine rings is 1. The first-order chi connectivity index (χ1) is 14.3. The lowest BCUT2D eigenvalue weighted by Gasteiger charge is -2.14. The topological polar surface area (TPSA) is 72.0 Å². The second kappa shape index (κ2) is 7.77. The van der Waals surface area contributed by atoms with Crippen LogP contribution in [0.15, 0.2) is 48.9 Å². The van der Waals surface area contributed by atoms with Gasteiger partial charge in [-0.25, -0.2) is 9.97 Å². The number of hydrogen-bond donors (Lipinski definition) is 2. The Balaban J connectivity index is 1.38. The number of benzene rings is 1. The molecular formula is C22H21N5OS. The van der Waals surface area contributed by atoms with Crippen molar-refractivity contribution in [1.82, 2.24) is 20.3 Å². The van der Waals surface area contributed by atoms with Crippen molar-refractivity contribution >= 4 is 33.1 Å². The van der Waals surface area contributed by atoms with Crippen LogP contribution in [-0.4, -0.2) is 21.5 Å². The maximum absolute atomic E-state index is 5.94. The number of aromatic nitrogens is 3. The molecule has 1 aliphatic heterocycles. The molecule has 1 aliphatic rings. The molecule has 0 bridgehead atoms. The predicted molar refractivity (Wildman–Crippen MR) is 116 cm³/mol. The van der Waals surface area contributed by atoms with Crippen LogP contribution in [0.1, 0.15) is 21.7 Å². The maximum atomic E-state index is 5.94. The van der Waals surface area contributed by atoms with Gasteiger partial charge >= 0.3 is 0 Å². The first kappa shape index (κ1) is 18.0. The van der Waals surface area contributed by atoms with Crippen molar-refractivity contribution in [3.63, 3.8) is 0 Å². The highest BCUT2D eigenvalue weighted by Gasteiger charge is 2.19. The number of rotatable bonds is 5. The molecule has 0 aliphatic carbocycles. The molecule has 0 radical (unpaired) electrons. The van der Waals surface area contributed by atoms with E-state index in [0.717, 1.165) is 58.2 Å². The number of nitrogens with zero attached hydrogens (tertiary/aromatic N) is 3. The smallest absolute Gasteiger partial charge is 0.142 e. The van der Waals surface area contributed by atoms with Crippen LogP contribution in [-0.2, 0) is 19.6 Å². The molecule has 6 nitrogen and oxygen atoms in total. The molecular weight excluding hydrogens is 382 g/mol. The summed E-state index contributed by atoms with van der Waals surface area (Å²) in [5, 5.41) is 8.08. The minimum absolute atomic E-state index is 0.454. The van der Waals surface area contributed by atoms with Gasteiger partial charge in [-0.1, -0.05) is 6.07 Å². The standard InChI is InChI=1S/C22H21N5OS/c1-14-10-15(5-6-18(14)28-12-16-4-2-3-8-24-16)27-21-20-17-7-9-23-11-19(17)29-22(20)26-13-25-21/h2-6,8,10,13,23H,7,9,11-12H2,1H3,(H,25,26,27). The second-order valence-corrected chi connectivity index (χ2v) is 8.13. The second-order valence-electron chi connectivity index (χ2n) is 7.05. The van der Waals surface area contributed by atoms with E-state index in [0.29, 0.717) is 6.61 Å². The fourth-order valence-corrected chi connectivity index (χ4v) is 4.77. The van der Waals surface area contributed by atoms with Crippen LogP contribution in [0.3, 0.4) is 0 Å². The summed E-state index contributed by atoms with van der Waals surface area (Å²) >= 11 is 1.76. The average molecular weight is 404 g/mol. The van der Waals surface area contributed by atoms with Crippen molar-refractivity contribution in [2.24, 2.45) is 0 Å². The molecule has 4 aromatic rings. The maximum Gasteiger partial charge on any atom is 0.142 e. The van der Waals surface area contributed by atoms with E-state index < -0.39 is 0 Å². The van der Waals surface area contributed by atoms with Crippen LogP contribution in [0.25, 0.3) is 10.2 Å². The summed E-state index contributed by atoms with van der Waals surface area (Å²) in [5.74, 6) is 1.73. The molecule has 29 heavy (non-hydrogen) atoms. The third kappa shape index (κ3) is 3.66. The van der Waals surface area contributed by atoms with Crippen LogP contribution >= 0.6 is 11.3 Å². The molecule has 1 aromatic carbocycles. The summed E-state index contributed by atoms with van der Waals surface area (Å²) in [7, 11) is 0. The van der Waals surface area contributed by atoms with Gasteiger partial charge in [0.05, 0.1) is 11.1 Å². The zero-order valence-electron chi connectivity index (χ0n) is 16.1. The molecule has 0 unspecified atom stereocenters. The lowest BCUT2D eigenvalue weighted by molar-refractivity contribution is 0.299. The number of nitrogens with one attached hydrogen (secondary N) is 2. The predicted octanol–water partition coefficient (Wildman–Crippen LogP) is 4.36. The zero-order chi connectivity index (χ0) is 19.6. The van der Waals surface area contributed by atoms with E-state index in [1.165, 1.54) is 10.4 Å². The number of hydrogen-bond acceptors (Lipinski definition) is 7. The number of ether oxygens (including phenoxy) is 1. The van der Waals surface area contributed by atoms with Crippen LogP contribution in [0.5, 0.6) is 5.75 Å². The van der Waals surface area contributed by atoms with Gasteiger partial charge in [0.2, 0.25) is 0 Å². The highest BCUT2D eigenvalue weighted by molar-refractivity contribution is 7.19. The highest BCUT2D eigenvalue weighted by Crippen LogP contribution is 2.36. The highest BCUT2D eigenvalue weighted by atomic mass is 32.1. The third-order valence-corrected chi connectivity index (χ3v) is 6.19. The molecule has 0 saturated carbocycles. The Morgan fingerprint density at radius 3 is 3.00 bits per heavy atom. The molecule has 146 valence electrons. The van der Waals surface area contributed by atoms with Gasteiger partial charge in [0.25, 0.3) is 0 Å². The lowest BCUT2D eigenvalue weighted by atomic mass is 10.1.